The van der Waals surface area contributed by atoms with Crippen LogP contribution >= 0.6 is 0 Å². The topological polar surface area (TPSA) is 55.6 Å². The van der Waals surface area contributed by atoms with Crippen LogP contribution in [0.5, 0.6) is 5.75 Å². The largest absolute Gasteiger partial charge is 0.490 e. The van der Waals surface area contributed by atoms with Crippen molar-refractivity contribution in [2.45, 2.75) is 65.2 Å². The maximum Gasteiger partial charge on any atom is 0.223 e. The van der Waals surface area contributed by atoms with E-state index in [4.69, 9.17) is 4.74 Å². The molecule has 3 rings (SSSR count). The average molecular weight is 372 g/mol. The molecule has 2 aromatic rings. The van der Waals surface area contributed by atoms with Crippen LogP contribution in [-0.2, 0) is 11.2 Å². The Morgan fingerprint density at radius 1 is 1.30 bits per heavy atom. The molecule has 0 saturated heterocycles. The summed E-state index contributed by atoms with van der Waals surface area (Å²) in [7, 11) is 0. The van der Waals surface area contributed by atoms with Gasteiger partial charge in [0, 0.05) is 31.3 Å². The molecule has 0 aliphatic heterocycles. The Hall–Kier alpha value is -2.04. The van der Waals surface area contributed by atoms with E-state index in [1.54, 1.807) is 0 Å². The second-order valence-corrected chi connectivity index (χ2v) is 7.67. The van der Waals surface area contributed by atoms with Crippen molar-refractivity contribution in [3.8, 4) is 5.75 Å². The van der Waals surface area contributed by atoms with Crippen LogP contribution in [-0.4, -0.2) is 28.4 Å². The molecule has 1 amide bonds. The highest BCUT2D eigenvalue weighted by Crippen LogP contribution is 2.31. The van der Waals surface area contributed by atoms with Crippen LogP contribution in [0, 0.1) is 11.8 Å². The van der Waals surface area contributed by atoms with Gasteiger partial charge in [-0.05, 0) is 50.7 Å². The van der Waals surface area contributed by atoms with Crippen LogP contribution in [0.2, 0.25) is 0 Å². The number of carbonyl (C=O) groups is 1. The highest BCUT2D eigenvalue weighted by atomic mass is 16.5. The molecular weight excluding hydrogens is 338 g/mol. The minimum Gasteiger partial charge on any atom is -0.490 e. The molecule has 1 N–H and O–H groups in total. The Labute approximate surface area is 162 Å². The second kappa shape index (κ2) is 9.77. The highest BCUT2D eigenvalue weighted by molar-refractivity contribution is 5.78. The molecule has 0 bridgehead atoms. The standard InChI is InChI=1S/C22H33N3O2/c1-3-5-7-17-9-11-18(12-10-17)22(26)23-14-13-19-16-25-15-6-8-20(27-4-2)21(25)24-19/h6,8,15-18H,3-5,7,9-14H2,1-2H3,(H,23,26). The molecule has 0 spiro atoms. The number of imidazole rings is 1. The molecule has 2 heterocycles. The number of pyridine rings is 1. The van der Waals surface area contributed by atoms with Gasteiger partial charge < -0.3 is 14.5 Å². The normalized spacial score (nSPS) is 19.9. The van der Waals surface area contributed by atoms with Crippen LogP contribution in [0.3, 0.4) is 0 Å². The Morgan fingerprint density at radius 2 is 2.11 bits per heavy atom. The van der Waals surface area contributed by atoms with E-state index in [-0.39, 0.29) is 11.8 Å². The number of aromatic nitrogens is 2. The van der Waals surface area contributed by atoms with Crippen LogP contribution in [0.1, 0.15) is 64.5 Å². The fraction of sp³-hybridized carbons (Fsp3) is 0.636. The molecule has 0 aromatic carbocycles. The van der Waals surface area contributed by atoms with Gasteiger partial charge in [-0.15, -0.1) is 0 Å². The Morgan fingerprint density at radius 3 is 2.85 bits per heavy atom. The summed E-state index contributed by atoms with van der Waals surface area (Å²) in [6.07, 6.45) is 13.2. The highest BCUT2D eigenvalue weighted by Gasteiger charge is 2.25. The smallest absolute Gasteiger partial charge is 0.223 e. The molecule has 1 saturated carbocycles. The van der Waals surface area contributed by atoms with E-state index < -0.39 is 0 Å². The summed E-state index contributed by atoms with van der Waals surface area (Å²) >= 11 is 0. The molecule has 1 aliphatic carbocycles. The predicted octanol–water partition coefficient (Wildman–Crippen LogP) is 4.39. The lowest BCUT2D eigenvalue weighted by Crippen LogP contribution is -2.34. The average Bonchev–Trinajstić information content (AvgIpc) is 3.11. The number of amides is 1. The summed E-state index contributed by atoms with van der Waals surface area (Å²) < 4.78 is 7.62. The van der Waals surface area contributed by atoms with E-state index in [0.717, 1.165) is 42.3 Å². The van der Waals surface area contributed by atoms with Crippen LogP contribution in [0.25, 0.3) is 5.65 Å². The van der Waals surface area contributed by atoms with Gasteiger partial charge in [0.1, 0.15) is 0 Å². The van der Waals surface area contributed by atoms with Crippen molar-refractivity contribution in [2.24, 2.45) is 11.8 Å². The Kier molecular flexibility index (Phi) is 7.13. The fourth-order valence-electron chi connectivity index (χ4n) is 4.09. The van der Waals surface area contributed by atoms with Crippen molar-refractivity contribution in [3.05, 3.63) is 30.2 Å². The van der Waals surface area contributed by atoms with Crippen molar-refractivity contribution >= 4 is 11.6 Å². The lowest BCUT2D eigenvalue weighted by Gasteiger charge is -2.27. The summed E-state index contributed by atoms with van der Waals surface area (Å²) in [6, 6.07) is 3.90. The summed E-state index contributed by atoms with van der Waals surface area (Å²) in [5, 5.41) is 3.12. The number of nitrogens with one attached hydrogen (secondary N) is 1. The van der Waals surface area contributed by atoms with E-state index >= 15 is 0 Å². The van der Waals surface area contributed by atoms with Gasteiger partial charge in [0.25, 0.3) is 0 Å². The molecule has 0 radical (unpaired) electrons. The molecule has 1 fully saturated rings. The molecule has 0 unspecified atom stereocenters. The molecular formula is C22H33N3O2. The van der Waals surface area contributed by atoms with Crippen molar-refractivity contribution in [1.82, 2.24) is 14.7 Å². The third-order valence-electron chi connectivity index (χ3n) is 5.66. The monoisotopic (exact) mass is 371 g/mol. The van der Waals surface area contributed by atoms with Gasteiger partial charge in [-0.3, -0.25) is 4.79 Å². The Balaban J connectivity index is 1.45. The first-order chi connectivity index (χ1) is 13.2. The van der Waals surface area contributed by atoms with Gasteiger partial charge in [-0.1, -0.05) is 26.2 Å². The molecule has 1 aliphatic rings. The summed E-state index contributed by atoms with van der Waals surface area (Å²) in [4.78, 5) is 17.1. The summed E-state index contributed by atoms with van der Waals surface area (Å²) in [5.74, 6) is 2.07. The second-order valence-electron chi connectivity index (χ2n) is 7.67. The number of carbonyl (C=O) groups excluding carboxylic acids is 1. The quantitative estimate of drug-likeness (QED) is 0.711. The van der Waals surface area contributed by atoms with E-state index in [9.17, 15) is 4.79 Å². The zero-order chi connectivity index (χ0) is 19.1. The third-order valence-corrected chi connectivity index (χ3v) is 5.66. The number of unbranched alkanes of at least 4 members (excludes halogenated alkanes) is 1. The zero-order valence-electron chi connectivity index (χ0n) is 16.7. The van der Waals surface area contributed by atoms with Crippen molar-refractivity contribution < 1.29 is 9.53 Å². The maximum absolute atomic E-state index is 12.5. The molecule has 5 nitrogen and oxygen atoms in total. The van der Waals surface area contributed by atoms with Gasteiger partial charge in [-0.2, -0.15) is 0 Å². The maximum atomic E-state index is 12.5. The van der Waals surface area contributed by atoms with Gasteiger partial charge in [0.05, 0.1) is 12.3 Å². The first kappa shape index (κ1) is 19.7. The molecule has 2 aromatic heterocycles. The number of hydrogen-bond donors (Lipinski definition) is 1. The number of hydrogen-bond acceptors (Lipinski definition) is 3. The minimum atomic E-state index is 0.202. The van der Waals surface area contributed by atoms with E-state index in [1.807, 2.05) is 35.9 Å². The van der Waals surface area contributed by atoms with Crippen LogP contribution in [0.15, 0.2) is 24.5 Å². The summed E-state index contributed by atoms with van der Waals surface area (Å²) in [5.41, 5.74) is 1.82. The molecule has 0 atom stereocenters. The van der Waals surface area contributed by atoms with Crippen molar-refractivity contribution in [2.75, 3.05) is 13.2 Å². The number of ether oxygens (including phenoxy) is 1. The van der Waals surface area contributed by atoms with Gasteiger partial charge in [0.2, 0.25) is 5.91 Å². The number of fused-ring (bicyclic) bond motifs is 1. The molecule has 148 valence electrons. The zero-order valence-corrected chi connectivity index (χ0v) is 16.7. The van der Waals surface area contributed by atoms with Crippen LogP contribution < -0.4 is 10.1 Å². The van der Waals surface area contributed by atoms with Crippen molar-refractivity contribution in [1.29, 1.82) is 0 Å². The number of nitrogens with zero attached hydrogens (tertiary/aromatic N) is 2. The molecule has 5 heteroatoms. The van der Waals surface area contributed by atoms with Crippen LogP contribution in [0.4, 0.5) is 0 Å². The number of rotatable bonds is 9. The predicted molar refractivity (Wildman–Crippen MR) is 108 cm³/mol. The lowest BCUT2D eigenvalue weighted by atomic mass is 9.79. The molecule has 27 heavy (non-hydrogen) atoms. The van der Waals surface area contributed by atoms with Gasteiger partial charge >= 0.3 is 0 Å². The van der Waals surface area contributed by atoms with Crippen molar-refractivity contribution in [3.63, 3.8) is 0 Å². The SMILES string of the molecule is CCCCC1CCC(C(=O)NCCc2cn3cccc(OCC)c3n2)CC1. The van der Waals surface area contributed by atoms with E-state index in [2.05, 4.69) is 17.2 Å². The van der Waals surface area contributed by atoms with E-state index in [0.29, 0.717) is 13.2 Å². The third kappa shape index (κ3) is 5.24. The fourth-order valence-corrected chi connectivity index (χ4v) is 4.09. The van der Waals surface area contributed by atoms with Gasteiger partial charge in [0.15, 0.2) is 11.4 Å². The lowest BCUT2D eigenvalue weighted by molar-refractivity contribution is -0.126. The first-order valence-electron chi connectivity index (χ1n) is 10.6. The minimum absolute atomic E-state index is 0.202. The summed E-state index contributed by atoms with van der Waals surface area (Å²) in [6.45, 7) is 5.49. The van der Waals surface area contributed by atoms with Gasteiger partial charge in [-0.25, -0.2) is 4.98 Å². The Bertz CT molecular complexity index is 732. The first-order valence-corrected chi connectivity index (χ1v) is 10.6. The van der Waals surface area contributed by atoms with E-state index in [1.165, 1.54) is 32.1 Å².